The van der Waals surface area contributed by atoms with Crippen LogP contribution in [-0.2, 0) is 0 Å². The highest BCUT2D eigenvalue weighted by molar-refractivity contribution is 5.21. The summed E-state index contributed by atoms with van der Waals surface area (Å²) in [5, 5.41) is 3.51. The SMILES string of the molecule is CNC(c1ccccc1)C(C(C)C)n1ccnc1C(C)C. The number of likely N-dealkylation sites (N-methyl/N-ethyl adjacent to an activating group) is 1. The molecule has 2 unspecified atom stereocenters. The van der Waals surface area contributed by atoms with E-state index in [0.717, 1.165) is 5.82 Å². The molecule has 0 saturated carbocycles. The summed E-state index contributed by atoms with van der Waals surface area (Å²) in [6.45, 7) is 8.96. The van der Waals surface area contributed by atoms with Crippen LogP contribution in [0.5, 0.6) is 0 Å². The van der Waals surface area contributed by atoms with Crippen molar-refractivity contribution in [3.05, 3.63) is 54.1 Å². The van der Waals surface area contributed by atoms with Crippen LogP contribution in [0.3, 0.4) is 0 Å². The maximum atomic E-state index is 4.56. The predicted octanol–water partition coefficient (Wildman–Crippen LogP) is 4.16. The van der Waals surface area contributed by atoms with Gasteiger partial charge in [-0.05, 0) is 18.5 Å². The summed E-state index contributed by atoms with van der Waals surface area (Å²) in [4.78, 5) is 4.56. The first kappa shape index (κ1) is 15.8. The van der Waals surface area contributed by atoms with E-state index in [2.05, 4.69) is 79.1 Å². The van der Waals surface area contributed by atoms with Crippen LogP contribution in [0.15, 0.2) is 42.7 Å². The highest BCUT2D eigenvalue weighted by atomic mass is 15.1. The highest BCUT2D eigenvalue weighted by Crippen LogP contribution is 2.34. The van der Waals surface area contributed by atoms with Gasteiger partial charge in [-0.15, -0.1) is 0 Å². The monoisotopic (exact) mass is 285 g/mol. The molecule has 0 aliphatic heterocycles. The van der Waals surface area contributed by atoms with E-state index >= 15 is 0 Å². The topological polar surface area (TPSA) is 29.9 Å². The Hall–Kier alpha value is -1.61. The van der Waals surface area contributed by atoms with E-state index < -0.39 is 0 Å². The Labute approximate surface area is 128 Å². The Balaban J connectivity index is 2.44. The summed E-state index contributed by atoms with van der Waals surface area (Å²) in [7, 11) is 2.04. The number of hydrogen-bond acceptors (Lipinski definition) is 2. The summed E-state index contributed by atoms with van der Waals surface area (Å²) < 4.78 is 2.35. The molecule has 0 aliphatic carbocycles. The lowest BCUT2D eigenvalue weighted by atomic mass is 9.90. The second-order valence-corrected chi connectivity index (χ2v) is 6.26. The van der Waals surface area contributed by atoms with Crippen molar-refractivity contribution in [1.29, 1.82) is 0 Å². The Morgan fingerprint density at radius 1 is 1.05 bits per heavy atom. The van der Waals surface area contributed by atoms with Crippen LogP contribution in [0.1, 0.15) is 57.1 Å². The molecular formula is C18H27N3. The molecule has 2 rings (SSSR count). The number of imidazole rings is 1. The zero-order chi connectivity index (χ0) is 15.4. The van der Waals surface area contributed by atoms with Gasteiger partial charge in [0.2, 0.25) is 0 Å². The van der Waals surface area contributed by atoms with Gasteiger partial charge in [0.05, 0.1) is 12.1 Å². The molecule has 114 valence electrons. The number of rotatable bonds is 6. The minimum atomic E-state index is 0.276. The summed E-state index contributed by atoms with van der Waals surface area (Å²) in [6.07, 6.45) is 4.04. The average Bonchev–Trinajstić information content (AvgIpc) is 2.94. The van der Waals surface area contributed by atoms with E-state index in [0.29, 0.717) is 17.9 Å². The average molecular weight is 285 g/mol. The molecule has 2 atom stereocenters. The lowest BCUT2D eigenvalue weighted by Crippen LogP contribution is -2.32. The fourth-order valence-electron chi connectivity index (χ4n) is 3.09. The maximum absolute atomic E-state index is 4.56. The fraction of sp³-hybridized carbons (Fsp3) is 0.500. The minimum Gasteiger partial charge on any atom is -0.329 e. The normalized spacial score (nSPS) is 14.6. The molecular weight excluding hydrogens is 258 g/mol. The minimum absolute atomic E-state index is 0.276. The Kier molecular flexibility index (Phi) is 5.18. The van der Waals surface area contributed by atoms with E-state index in [1.165, 1.54) is 5.56 Å². The maximum Gasteiger partial charge on any atom is 0.111 e. The van der Waals surface area contributed by atoms with E-state index in [-0.39, 0.29) is 6.04 Å². The van der Waals surface area contributed by atoms with Crippen molar-refractivity contribution < 1.29 is 0 Å². The number of nitrogens with zero attached hydrogens (tertiary/aromatic N) is 2. The van der Waals surface area contributed by atoms with Crippen LogP contribution in [-0.4, -0.2) is 16.6 Å². The molecule has 3 nitrogen and oxygen atoms in total. The van der Waals surface area contributed by atoms with Gasteiger partial charge >= 0.3 is 0 Å². The summed E-state index contributed by atoms with van der Waals surface area (Å²) >= 11 is 0. The van der Waals surface area contributed by atoms with Crippen molar-refractivity contribution in [1.82, 2.24) is 14.9 Å². The Morgan fingerprint density at radius 2 is 1.71 bits per heavy atom. The number of hydrogen-bond donors (Lipinski definition) is 1. The second-order valence-electron chi connectivity index (χ2n) is 6.26. The molecule has 1 N–H and O–H groups in total. The van der Waals surface area contributed by atoms with Gasteiger partial charge in [-0.3, -0.25) is 0 Å². The van der Waals surface area contributed by atoms with Gasteiger partial charge in [-0.25, -0.2) is 4.98 Å². The standard InChI is InChI=1S/C18H27N3/c1-13(2)17(21-12-11-20-18(21)14(3)4)16(19-5)15-9-7-6-8-10-15/h6-14,16-17,19H,1-5H3. The third-order valence-corrected chi connectivity index (χ3v) is 4.03. The molecule has 2 aromatic rings. The molecule has 1 aromatic heterocycles. The third-order valence-electron chi connectivity index (χ3n) is 4.03. The van der Waals surface area contributed by atoms with Crippen molar-refractivity contribution in [2.24, 2.45) is 5.92 Å². The molecule has 0 aliphatic rings. The molecule has 1 aromatic carbocycles. The fourth-order valence-corrected chi connectivity index (χ4v) is 3.09. The van der Waals surface area contributed by atoms with E-state index in [9.17, 15) is 0 Å². The van der Waals surface area contributed by atoms with Crippen LogP contribution in [0.2, 0.25) is 0 Å². The number of benzene rings is 1. The van der Waals surface area contributed by atoms with Crippen molar-refractivity contribution in [2.75, 3.05) is 7.05 Å². The smallest absolute Gasteiger partial charge is 0.111 e. The quantitative estimate of drug-likeness (QED) is 0.863. The van der Waals surface area contributed by atoms with Gasteiger partial charge in [0.1, 0.15) is 5.82 Å². The second kappa shape index (κ2) is 6.90. The first-order chi connectivity index (χ1) is 10.1. The molecule has 21 heavy (non-hydrogen) atoms. The van der Waals surface area contributed by atoms with Gasteiger partial charge in [0.25, 0.3) is 0 Å². The lowest BCUT2D eigenvalue weighted by Gasteiger charge is -2.33. The first-order valence-corrected chi connectivity index (χ1v) is 7.81. The molecule has 0 saturated heterocycles. The van der Waals surface area contributed by atoms with Gasteiger partial charge in [0.15, 0.2) is 0 Å². The molecule has 0 radical (unpaired) electrons. The molecule has 1 heterocycles. The van der Waals surface area contributed by atoms with E-state index in [1.54, 1.807) is 0 Å². The van der Waals surface area contributed by atoms with Gasteiger partial charge in [-0.2, -0.15) is 0 Å². The predicted molar refractivity (Wildman–Crippen MR) is 88.4 cm³/mol. The Bertz CT molecular complexity index is 543. The van der Waals surface area contributed by atoms with Crippen LogP contribution in [0.4, 0.5) is 0 Å². The molecule has 0 bridgehead atoms. The summed E-state index contributed by atoms with van der Waals surface area (Å²) in [5.41, 5.74) is 1.32. The highest BCUT2D eigenvalue weighted by Gasteiger charge is 2.28. The van der Waals surface area contributed by atoms with E-state index in [1.807, 2.05) is 13.2 Å². The molecule has 0 fully saturated rings. The molecule has 0 amide bonds. The van der Waals surface area contributed by atoms with Gasteiger partial charge in [-0.1, -0.05) is 58.0 Å². The molecule has 3 heteroatoms. The zero-order valence-electron chi connectivity index (χ0n) is 13.7. The van der Waals surface area contributed by atoms with Crippen LogP contribution < -0.4 is 5.32 Å². The van der Waals surface area contributed by atoms with Gasteiger partial charge in [0, 0.05) is 18.3 Å². The van der Waals surface area contributed by atoms with Crippen molar-refractivity contribution >= 4 is 0 Å². The van der Waals surface area contributed by atoms with Crippen LogP contribution in [0, 0.1) is 5.92 Å². The van der Waals surface area contributed by atoms with Crippen molar-refractivity contribution in [3.63, 3.8) is 0 Å². The van der Waals surface area contributed by atoms with Gasteiger partial charge < -0.3 is 9.88 Å². The largest absolute Gasteiger partial charge is 0.329 e. The van der Waals surface area contributed by atoms with E-state index in [4.69, 9.17) is 0 Å². The number of nitrogens with one attached hydrogen (secondary N) is 1. The van der Waals surface area contributed by atoms with Crippen LogP contribution >= 0.6 is 0 Å². The molecule has 0 spiro atoms. The summed E-state index contributed by atoms with van der Waals surface area (Å²) in [5.74, 6) is 2.09. The number of aromatic nitrogens is 2. The first-order valence-electron chi connectivity index (χ1n) is 7.81. The summed E-state index contributed by atoms with van der Waals surface area (Å²) in [6, 6.07) is 11.3. The lowest BCUT2D eigenvalue weighted by molar-refractivity contribution is 0.281. The van der Waals surface area contributed by atoms with Crippen molar-refractivity contribution in [3.8, 4) is 0 Å². The third kappa shape index (κ3) is 3.35. The van der Waals surface area contributed by atoms with Crippen LogP contribution in [0.25, 0.3) is 0 Å². The zero-order valence-corrected chi connectivity index (χ0v) is 13.7. The Morgan fingerprint density at radius 3 is 2.24 bits per heavy atom. The van der Waals surface area contributed by atoms with Crippen molar-refractivity contribution in [2.45, 2.75) is 45.7 Å².